The quantitative estimate of drug-likeness (QED) is 0.675. The topological polar surface area (TPSA) is 48.0 Å². The molecule has 0 spiro atoms. The minimum absolute atomic E-state index is 0.0301. The molecule has 0 aromatic carbocycles. The summed E-state index contributed by atoms with van der Waals surface area (Å²) >= 11 is 0. The Morgan fingerprint density at radius 2 is 2.17 bits per heavy atom. The standard InChI is InChI=1S/C9H12N2O/c1-6-2-5-8(10)9(12)11(6)7-3-4-7/h2,5,7H,3-4,10H2,1H3. The van der Waals surface area contributed by atoms with Gasteiger partial charge in [0.05, 0.1) is 5.69 Å². The van der Waals surface area contributed by atoms with Gasteiger partial charge in [-0.25, -0.2) is 0 Å². The molecule has 3 nitrogen and oxygen atoms in total. The van der Waals surface area contributed by atoms with Gasteiger partial charge in [-0.15, -0.1) is 0 Å². The summed E-state index contributed by atoms with van der Waals surface area (Å²) < 4.78 is 1.80. The first-order valence-corrected chi connectivity index (χ1v) is 4.18. The second-order valence-electron chi connectivity index (χ2n) is 3.34. The predicted octanol–water partition coefficient (Wildman–Crippen LogP) is 1.07. The van der Waals surface area contributed by atoms with Crippen LogP contribution in [0.4, 0.5) is 5.69 Å². The van der Waals surface area contributed by atoms with Crippen LogP contribution in [0.25, 0.3) is 0 Å². The zero-order valence-electron chi connectivity index (χ0n) is 7.08. The molecular weight excluding hydrogens is 152 g/mol. The Morgan fingerprint density at radius 1 is 1.50 bits per heavy atom. The molecule has 1 aliphatic rings. The molecule has 1 fully saturated rings. The second-order valence-corrected chi connectivity index (χ2v) is 3.34. The molecule has 1 aromatic rings. The molecule has 2 N–H and O–H groups in total. The molecule has 0 unspecified atom stereocenters. The zero-order valence-corrected chi connectivity index (χ0v) is 7.08. The third-order valence-corrected chi connectivity index (χ3v) is 2.26. The van der Waals surface area contributed by atoms with Crippen molar-refractivity contribution in [1.82, 2.24) is 4.57 Å². The summed E-state index contributed by atoms with van der Waals surface area (Å²) in [6, 6.07) is 3.99. The van der Waals surface area contributed by atoms with Gasteiger partial charge in [0.2, 0.25) is 0 Å². The highest BCUT2D eigenvalue weighted by atomic mass is 16.1. The van der Waals surface area contributed by atoms with Crippen molar-refractivity contribution < 1.29 is 0 Å². The molecule has 12 heavy (non-hydrogen) atoms. The Balaban J connectivity index is 2.63. The lowest BCUT2D eigenvalue weighted by Crippen LogP contribution is -2.23. The van der Waals surface area contributed by atoms with E-state index in [1.54, 1.807) is 10.6 Å². The molecule has 0 atom stereocenters. The van der Waals surface area contributed by atoms with Gasteiger partial charge in [0.25, 0.3) is 5.56 Å². The van der Waals surface area contributed by atoms with Gasteiger partial charge in [0.15, 0.2) is 0 Å². The van der Waals surface area contributed by atoms with Crippen LogP contribution in [0.5, 0.6) is 0 Å². The van der Waals surface area contributed by atoms with Crippen LogP contribution in [0.3, 0.4) is 0 Å². The molecule has 0 saturated heterocycles. The van der Waals surface area contributed by atoms with Gasteiger partial charge < -0.3 is 10.3 Å². The van der Waals surface area contributed by atoms with E-state index >= 15 is 0 Å². The maximum absolute atomic E-state index is 11.5. The van der Waals surface area contributed by atoms with Gasteiger partial charge >= 0.3 is 0 Å². The number of nitrogen functional groups attached to an aromatic ring is 1. The predicted molar refractivity (Wildman–Crippen MR) is 48.1 cm³/mol. The average Bonchev–Trinajstić information content (AvgIpc) is 2.81. The summed E-state index contributed by atoms with van der Waals surface area (Å²) in [7, 11) is 0. The smallest absolute Gasteiger partial charge is 0.274 e. The van der Waals surface area contributed by atoms with Crippen molar-refractivity contribution in [3.63, 3.8) is 0 Å². The van der Waals surface area contributed by atoms with Crippen LogP contribution in [0, 0.1) is 6.92 Å². The number of rotatable bonds is 1. The number of anilines is 1. The van der Waals surface area contributed by atoms with E-state index < -0.39 is 0 Å². The Kier molecular flexibility index (Phi) is 1.46. The first kappa shape index (κ1) is 7.40. The van der Waals surface area contributed by atoms with Crippen molar-refractivity contribution in [2.24, 2.45) is 0 Å². The van der Waals surface area contributed by atoms with Gasteiger partial charge in [-0.1, -0.05) is 0 Å². The summed E-state index contributed by atoms with van der Waals surface area (Å²) in [5, 5.41) is 0. The van der Waals surface area contributed by atoms with Gasteiger partial charge in [0, 0.05) is 11.7 Å². The van der Waals surface area contributed by atoms with Crippen molar-refractivity contribution >= 4 is 5.69 Å². The van der Waals surface area contributed by atoms with E-state index in [9.17, 15) is 4.79 Å². The third-order valence-electron chi connectivity index (χ3n) is 2.26. The minimum Gasteiger partial charge on any atom is -0.394 e. The molecule has 1 saturated carbocycles. The van der Waals surface area contributed by atoms with E-state index in [4.69, 9.17) is 5.73 Å². The van der Waals surface area contributed by atoms with E-state index in [1.807, 2.05) is 13.0 Å². The lowest BCUT2D eigenvalue weighted by atomic mass is 10.3. The third kappa shape index (κ3) is 1.02. The lowest BCUT2D eigenvalue weighted by molar-refractivity contribution is 0.684. The normalized spacial score (nSPS) is 16.4. The molecule has 64 valence electrons. The fraction of sp³-hybridized carbons (Fsp3) is 0.444. The summed E-state index contributed by atoms with van der Waals surface area (Å²) in [6.07, 6.45) is 2.23. The molecule has 1 aliphatic carbocycles. The van der Waals surface area contributed by atoms with E-state index in [2.05, 4.69) is 0 Å². The maximum Gasteiger partial charge on any atom is 0.274 e. The molecular formula is C9H12N2O. The number of hydrogen-bond acceptors (Lipinski definition) is 2. The number of nitrogens with zero attached hydrogens (tertiary/aromatic N) is 1. The molecule has 0 radical (unpaired) electrons. The number of nitrogens with two attached hydrogens (primary N) is 1. The Morgan fingerprint density at radius 3 is 2.75 bits per heavy atom. The van der Waals surface area contributed by atoms with Crippen LogP contribution in [-0.4, -0.2) is 4.57 Å². The Labute approximate surface area is 70.8 Å². The summed E-state index contributed by atoms with van der Waals surface area (Å²) in [4.78, 5) is 11.5. The van der Waals surface area contributed by atoms with E-state index in [0.717, 1.165) is 18.5 Å². The van der Waals surface area contributed by atoms with E-state index in [1.165, 1.54) is 0 Å². The highest BCUT2D eigenvalue weighted by molar-refractivity contribution is 5.36. The van der Waals surface area contributed by atoms with Crippen LogP contribution in [0.1, 0.15) is 24.6 Å². The van der Waals surface area contributed by atoms with Crippen molar-refractivity contribution in [3.05, 3.63) is 28.2 Å². The Hall–Kier alpha value is -1.25. The van der Waals surface area contributed by atoms with Crippen molar-refractivity contribution in [2.75, 3.05) is 5.73 Å². The summed E-state index contributed by atoms with van der Waals surface area (Å²) in [5.74, 6) is 0. The Bertz CT molecular complexity index is 363. The molecule has 0 aliphatic heterocycles. The molecule has 0 bridgehead atoms. The fourth-order valence-corrected chi connectivity index (χ4v) is 1.45. The summed E-state index contributed by atoms with van der Waals surface area (Å²) in [5.41, 5.74) is 6.86. The zero-order chi connectivity index (χ0) is 8.72. The first-order chi connectivity index (χ1) is 5.70. The van der Waals surface area contributed by atoms with Crippen LogP contribution in [0.2, 0.25) is 0 Å². The highest BCUT2D eigenvalue weighted by Crippen LogP contribution is 2.34. The summed E-state index contributed by atoms with van der Waals surface area (Å²) in [6.45, 7) is 1.94. The van der Waals surface area contributed by atoms with Crippen LogP contribution < -0.4 is 11.3 Å². The minimum atomic E-state index is -0.0301. The van der Waals surface area contributed by atoms with Crippen molar-refractivity contribution in [2.45, 2.75) is 25.8 Å². The van der Waals surface area contributed by atoms with E-state index in [-0.39, 0.29) is 5.56 Å². The van der Waals surface area contributed by atoms with Crippen LogP contribution >= 0.6 is 0 Å². The molecule has 3 heteroatoms. The van der Waals surface area contributed by atoms with Gasteiger partial charge in [-0.05, 0) is 31.9 Å². The van der Waals surface area contributed by atoms with Crippen molar-refractivity contribution in [1.29, 1.82) is 0 Å². The molecule has 0 amide bonds. The largest absolute Gasteiger partial charge is 0.394 e. The number of aryl methyl sites for hydroxylation is 1. The second kappa shape index (κ2) is 2.37. The van der Waals surface area contributed by atoms with Gasteiger partial charge in [-0.2, -0.15) is 0 Å². The number of pyridine rings is 1. The number of hydrogen-bond donors (Lipinski definition) is 1. The van der Waals surface area contributed by atoms with Gasteiger partial charge in [0.1, 0.15) is 0 Å². The fourth-order valence-electron chi connectivity index (χ4n) is 1.45. The van der Waals surface area contributed by atoms with Crippen molar-refractivity contribution in [3.8, 4) is 0 Å². The monoisotopic (exact) mass is 164 g/mol. The maximum atomic E-state index is 11.5. The number of aromatic nitrogens is 1. The van der Waals surface area contributed by atoms with E-state index in [0.29, 0.717) is 11.7 Å². The van der Waals surface area contributed by atoms with Crippen LogP contribution in [0.15, 0.2) is 16.9 Å². The SMILES string of the molecule is Cc1ccc(N)c(=O)n1C1CC1. The van der Waals surface area contributed by atoms with Crippen LogP contribution in [-0.2, 0) is 0 Å². The molecule has 1 heterocycles. The molecule has 1 aromatic heterocycles. The highest BCUT2D eigenvalue weighted by Gasteiger charge is 2.25. The lowest BCUT2D eigenvalue weighted by Gasteiger charge is -2.08. The molecule has 2 rings (SSSR count). The van der Waals surface area contributed by atoms with Gasteiger partial charge in [-0.3, -0.25) is 4.79 Å². The first-order valence-electron chi connectivity index (χ1n) is 4.18. The average molecular weight is 164 g/mol.